The van der Waals surface area contributed by atoms with Crippen LogP contribution in [-0.4, -0.2) is 16.7 Å². The normalized spacial score (nSPS) is 11.6. The first-order valence-electron chi connectivity index (χ1n) is 10.4. The Balaban J connectivity index is 1.88. The maximum Gasteiger partial charge on any atom is 0.247 e. The van der Waals surface area contributed by atoms with Gasteiger partial charge in [0, 0.05) is 19.5 Å². The molecule has 0 radical (unpaired) electrons. The van der Waals surface area contributed by atoms with E-state index < -0.39 is 6.04 Å². The van der Waals surface area contributed by atoms with E-state index in [9.17, 15) is 14.0 Å². The summed E-state index contributed by atoms with van der Waals surface area (Å²) < 4.78 is 13.3. The molecule has 0 fully saturated rings. The van der Waals surface area contributed by atoms with Gasteiger partial charge in [-0.25, -0.2) is 4.39 Å². The van der Waals surface area contributed by atoms with Gasteiger partial charge in [0.1, 0.15) is 11.9 Å². The van der Waals surface area contributed by atoms with Crippen molar-refractivity contribution in [2.45, 2.75) is 39.4 Å². The molecule has 0 aromatic heterocycles. The first-order chi connectivity index (χ1) is 15.0. The Morgan fingerprint density at radius 1 is 0.903 bits per heavy atom. The van der Waals surface area contributed by atoms with Crippen LogP contribution < -0.4 is 5.32 Å². The highest BCUT2D eigenvalue weighted by atomic mass is 19.1. The fourth-order valence-electron chi connectivity index (χ4n) is 3.41. The van der Waals surface area contributed by atoms with Gasteiger partial charge in [0.2, 0.25) is 11.8 Å². The van der Waals surface area contributed by atoms with E-state index in [0.29, 0.717) is 6.54 Å². The van der Waals surface area contributed by atoms with Crippen molar-refractivity contribution >= 4 is 11.8 Å². The third kappa shape index (κ3) is 6.01. The minimum atomic E-state index is -0.788. The molecule has 31 heavy (non-hydrogen) atoms. The average molecular weight is 419 g/mol. The predicted octanol–water partition coefficient (Wildman–Crippen LogP) is 4.93. The van der Waals surface area contributed by atoms with Crippen molar-refractivity contribution in [2.75, 3.05) is 0 Å². The van der Waals surface area contributed by atoms with Crippen molar-refractivity contribution in [1.29, 1.82) is 0 Å². The number of hydrogen-bond acceptors (Lipinski definition) is 2. The molecule has 0 saturated heterocycles. The molecule has 0 aliphatic rings. The minimum absolute atomic E-state index is 0.149. The smallest absolute Gasteiger partial charge is 0.247 e. The highest BCUT2D eigenvalue weighted by molar-refractivity contribution is 5.88. The largest absolute Gasteiger partial charge is 0.350 e. The summed E-state index contributed by atoms with van der Waals surface area (Å²) in [5, 5.41) is 2.98. The van der Waals surface area contributed by atoms with Gasteiger partial charge in [0.15, 0.2) is 0 Å². The molecule has 3 aromatic carbocycles. The lowest BCUT2D eigenvalue weighted by molar-refractivity contribution is -0.141. The molecule has 2 amide bonds. The highest BCUT2D eigenvalue weighted by Crippen LogP contribution is 2.25. The van der Waals surface area contributed by atoms with E-state index in [4.69, 9.17) is 0 Å². The molecule has 3 rings (SSSR count). The average Bonchev–Trinajstić information content (AvgIpc) is 2.79. The first kappa shape index (κ1) is 22.2. The number of carbonyl (C=O) groups excluding carboxylic acids is 2. The van der Waals surface area contributed by atoms with Crippen LogP contribution in [0.25, 0.3) is 0 Å². The second kappa shape index (κ2) is 10.5. The fourth-order valence-corrected chi connectivity index (χ4v) is 3.41. The number of aryl methyl sites for hydroxylation is 1. The van der Waals surface area contributed by atoms with E-state index in [-0.39, 0.29) is 30.6 Å². The lowest BCUT2D eigenvalue weighted by Crippen LogP contribution is -2.43. The molecule has 4 nitrogen and oxygen atoms in total. The third-order valence-electron chi connectivity index (χ3n) is 5.15. The van der Waals surface area contributed by atoms with Gasteiger partial charge < -0.3 is 10.2 Å². The van der Waals surface area contributed by atoms with Gasteiger partial charge in [0.05, 0.1) is 0 Å². The molecule has 5 heteroatoms. The molecule has 0 heterocycles. The van der Waals surface area contributed by atoms with Crippen molar-refractivity contribution in [3.8, 4) is 0 Å². The summed E-state index contributed by atoms with van der Waals surface area (Å²) in [4.78, 5) is 27.8. The third-order valence-corrected chi connectivity index (χ3v) is 5.15. The molecule has 3 aromatic rings. The Kier molecular flexibility index (Phi) is 7.55. The summed E-state index contributed by atoms with van der Waals surface area (Å²) in [6, 6.07) is 22.4. The molecular weight excluding hydrogens is 391 g/mol. The second-order valence-electron chi connectivity index (χ2n) is 7.52. The molecular formula is C26H27FN2O2. The van der Waals surface area contributed by atoms with Crippen LogP contribution in [0.4, 0.5) is 4.39 Å². The molecule has 0 aliphatic carbocycles. The van der Waals surface area contributed by atoms with E-state index in [0.717, 1.165) is 22.3 Å². The number of carbonyl (C=O) groups is 2. The molecule has 1 N–H and O–H groups in total. The highest BCUT2D eigenvalue weighted by Gasteiger charge is 2.30. The van der Waals surface area contributed by atoms with E-state index in [1.54, 1.807) is 24.0 Å². The lowest BCUT2D eigenvalue weighted by atomic mass is 10.0. The Morgan fingerprint density at radius 2 is 1.52 bits per heavy atom. The Morgan fingerprint density at radius 3 is 2.13 bits per heavy atom. The maximum absolute atomic E-state index is 13.3. The monoisotopic (exact) mass is 418 g/mol. The quantitative estimate of drug-likeness (QED) is 0.564. The van der Waals surface area contributed by atoms with Crippen LogP contribution >= 0.6 is 0 Å². The molecule has 0 saturated carbocycles. The van der Waals surface area contributed by atoms with Crippen molar-refractivity contribution in [3.05, 3.63) is 107 Å². The summed E-state index contributed by atoms with van der Waals surface area (Å²) in [6.45, 7) is 4.36. The van der Waals surface area contributed by atoms with E-state index in [1.807, 2.05) is 61.5 Å². The van der Waals surface area contributed by atoms with Crippen LogP contribution in [-0.2, 0) is 22.7 Å². The summed E-state index contributed by atoms with van der Waals surface area (Å²) in [6.07, 6.45) is 0.260. The van der Waals surface area contributed by atoms with Gasteiger partial charge in [0.25, 0.3) is 0 Å². The standard InChI is InChI=1S/C26H27FN2O2/c1-3-24(30)29(18-21-13-15-23(27)16-14-21)25(22-7-5-4-6-8-22)26(31)28-17-20-11-9-19(2)10-12-20/h4-16,25H,3,17-18H2,1-2H3,(H,28,31). The molecule has 160 valence electrons. The van der Waals surface area contributed by atoms with Crippen LogP contribution in [0.5, 0.6) is 0 Å². The number of nitrogens with one attached hydrogen (secondary N) is 1. The topological polar surface area (TPSA) is 49.4 Å². The predicted molar refractivity (Wildman–Crippen MR) is 119 cm³/mol. The van der Waals surface area contributed by atoms with Crippen LogP contribution in [0.3, 0.4) is 0 Å². The van der Waals surface area contributed by atoms with Gasteiger partial charge in [-0.3, -0.25) is 9.59 Å². The number of amides is 2. The van der Waals surface area contributed by atoms with E-state index in [1.165, 1.54) is 12.1 Å². The second-order valence-corrected chi connectivity index (χ2v) is 7.52. The number of hydrogen-bond donors (Lipinski definition) is 1. The van der Waals surface area contributed by atoms with Crippen LogP contribution in [0, 0.1) is 12.7 Å². The zero-order chi connectivity index (χ0) is 22.2. The summed E-state index contributed by atoms with van der Waals surface area (Å²) in [5.74, 6) is -0.744. The van der Waals surface area contributed by atoms with E-state index in [2.05, 4.69) is 5.32 Å². The zero-order valence-corrected chi connectivity index (χ0v) is 17.8. The van der Waals surface area contributed by atoms with Crippen molar-refractivity contribution in [1.82, 2.24) is 10.2 Å². The van der Waals surface area contributed by atoms with Crippen molar-refractivity contribution in [3.63, 3.8) is 0 Å². The Labute approximate surface area is 182 Å². The van der Waals surface area contributed by atoms with Crippen molar-refractivity contribution < 1.29 is 14.0 Å². The van der Waals surface area contributed by atoms with Crippen LogP contribution in [0.2, 0.25) is 0 Å². The summed E-state index contributed by atoms with van der Waals surface area (Å²) >= 11 is 0. The maximum atomic E-state index is 13.3. The molecule has 0 spiro atoms. The first-order valence-corrected chi connectivity index (χ1v) is 10.4. The fraction of sp³-hybridized carbons (Fsp3) is 0.231. The van der Waals surface area contributed by atoms with Gasteiger partial charge in [-0.1, -0.05) is 79.2 Å². The number of rotatable bonds is 8. The van der Waals surface area contributed by atoms with Crippen LogP contribution in [0.15, 0.2) is 78.9 Å². The van der Waals surface area contributed by atoms with Crippen molar-refractivity contribution in [2.24, 2.45) is 0 Å². The zero-order valence-electron chi connectivity index (χ0n) is 17.8. The molecule has 0 aliphatic heterocycles. The van der Waals surface area contributed by atoms with Gasteiger partial charge in [-0.05, 0) is 35.7 Å². The molecule has 0 bridgehead atoms. The number of halogens is 1. The van der Waals surface area contributed by atoms with E-state index >= 15 is 0 Å². The van der Waals surface area contributed by atoms with Crippen LogP contribution in [0.1, 0.15) is 41.6 Å². The summed E-state index contributed by atoms with van der Waals surface area (Å²) in [7, 11) is 0. The number of benzene rings is 3. The van der Waals surface area contributed by atoms with Gasteiger partial charge in [-0.15, -0.1) is 0 Å². The number of nitrogens with zero attached hydrogens (tertiary/aromatic N) is 1. The lowest BCUT2D eigenvalue weighted by Gasteiger charge is -2.31. The minimum Gasteiger partial charge on any atom is -0.350 e. The SMILES string of the molecule is CCC(=O)N(Cc1ccc(F)cc1)C(C(=O)NCc1ccc(C)cc1)c1ccccc1. The Bertz CT molecular complexity index is 1000. The Hall–Kier alpha value is -3.47. The van der Waals surface area contributed by atoms with Gasteiger partial charge >= 0.3 is 0 Å². The summed E-state index contributed by atoms with van der Waals surface area (Å²) in [5.41, 5.74) is 3.62. The molecule has 1 unspecified atom stereocenters. The van der Waals surface area contributed by atoms with Gasteiger partial charge in [-0.2, -0.15) is 0 Å². The molecule has 1 atom stereocenters.